The van der Waals surface area contributed by atoms with Crippen LogP contribution in [0.25, 0.3) is 10.7 Å². The van der Waals surface area contributed by atoms with Crippen LogP contribution in [0.1, 0.15) is 46.0 Å². The van der Waals surface area contributed by atoms with E-state index in [1.807, 2.05) is 31.4 Å². The number of hydrogen-bond donors (Lipinski definition) is 0. The van der Waals surface area contributed by atoms with E-state index in [1.165, 1.54) is 11.3 Å². The van der Waals surface area contributed by atoms with Crippen molar-refractivity contribution in [3.05, 3.63) is 82.6 Å². The molecule has 2 aromatic carbocycles. The highest BCUT2D eigenvalue weighted by molar-refractivity contribution is 7.13. The lowest BCUT2D eigenvalue weighted by atomic mass is 9.98. The van der Waals surface area contributed by atoms with Crippen LogP contribution in [0.5, 0.6) is 11.5 Å². The van der Waals surface area contributed by atoms with Crippen molar-refractivity contribution in [3.8, 4) is 22.2 Å². The van der Waals surface area contributed by atoms with E-state index in [-0.39, 0.29) is 29.4 Å². The third kappa shape index (κ3) is 5.15. The molecule has 0 N–H and O–H groups in total. The molecule has 4 rings (SSSR count). The summed E-state index contributed by atoms with van der Waals surface area (Å²) in [5.74, 6) is 0.596. The number of nitrogens with zero attached hydrogens (tertiary/aromatic N) is 2. The van der Waals surface area contributed by atoms with Gasteiger partial charge in [-0.2, -0.15) is 4.98 Å². The highest BCUT2D eigenvalue weighted by atomic mass is 32.1. The Hall–Kier alpha value is -3.98. The molecule has 0 atom stereocenters. The predicted molar refractivity (Wildman–Crippen MR) is 125 cm³/mol. The van der Waals surface area contributed by atoms with Crippen LogP contribution in [0.3, 0.4) is 0 Å². The second kappa shape index (κ2) is 10.8. The zero-order chi connectivity index (χ0) is 23.9. The van der Waals surface area contributed by atoms with E-state index < -0.39 is 5.97 Å². The molecule has 0 saturated carbocycles. The normalized spacial score (nSPS) is 10.6. The first kappa shape index (κ1) is 23.2. The summed E-state index contributed by atoms with van der Waals surface area (Å²) in [6.07, 6.45) is 0. The molecule has 0 bridgehead atoms. The van der Waals surface area contributed by atoms with Crippen molar-refractivity contribution in [1.29, 1.82) is 0 Å². The summed E-state index contributed by atoms with van der Waals surface area (Å²) in [6.45, 7) is 4.40. The van der Waals surface area contributed by atoms with E-state index in [0.717, 1.165) is 4.88 Å². The fourth-order valence-corrected chi connectivity index (χ4v) is 3.88. The first-order valence-electron chi connectivity index (χ1n) is 10.7. The van der Waals surface area contributed by atoms with Gasteiger partial charge >= 0.3 is 5.97 Å². The monoisotopic (exact) mass is 478 g/mol. The van der Waals surface area contributed by atoms with Crippen LogP contribution in [0.2, 0.25) is 0 Å². The first-order valence-corrected chi connectivity index (χ1v) is 11.6. The molecule has 0 amide bonds. The molecular formula is C25H22N2O6S. The van der Waals surface area contributed by atoms with Gasteiger partial charge in [-0.05, 0) is 49.6 Å². The SMILES string of the molecule is CCOc1ccc(C(=O)c2ccccc2C(=O)OCc2nc(-c3cccs3)no2)cc1OCC. The molecule has 0 spiro atoms. The van der Waals surface area contributed by atoms with Crippen molar-refractivity contribution in [2.24, 2.45) is 0 Å². The molecule has 9 heteroatoms. The van der Waals surface area contributed by atoms with Crippen molar-refractivity contribution in [3.63, 3.8) is 0 Å². The summed E-state index contributed by atoms with van der Waals surface area (Å²) in [6, 6.07) is 15.2. The second-order valence-electron chi connectivity index (χ2n) is 6.97. The van der Waals surface area contributed by atoms with Crippen molar-refractivity contribution in [1.82, 2.24) is 10.1 Å². The van der Waals surface area contributed by atoms with Gasteiger partial charge < -0.3 is 18.7 Å². The molecular weight excluding hydrogens is 456 g/mol. The zero-order valence-corrected chi connectivity index (χ0v) is 19.5. The summed E-state index contributed by atoms with van der Waals surface area (Å²) >= 11 is 1.47. The van der Waals surface area contributed by atoms with Crippen molar-refractivity contribution in [2.75, 3.05) is 13.2 Å². The fourth-order valence-electron chi connectivity index (χ4n) is 3.23. The molecule has 0 aliphatic heterocycles. The standard InChI is InChI=1S/C25H22N2O6S/c1-3-30-19-12-11-16(14-20(19)31-4-2)23(28)17-8-5-6-9-18(17)25(29)32-15-22-26-24(27-33-22)21-10-7-13-34-21/h5-14H,3-4,15H2,1-2H3. The summed E-state index contributed by atoms with van der Waals surface area (Å²) in [5.41, 5.74) is 0.714. The minimum atomic E-state index is -0.671. The maximum absolute atomic E-state index is 13.3. The summed E-state index contributed by atoms with van der Waals surface area (Å²) < 4.78 is 21.7. The van der Waals surface area contributed by atoms with Gasteiger partial charge in [-0.25, -0.2) is 4.79 Å². The van der Waals surface area contributed by atoms with Crippen molar-refractivity contribution >= 4 is 23.1 Å². The van der Waals surface area contributed by atoms with Crippen molar-refractivity contribution < 1.29 is 28.3 Å². The number of esters is 1. The van der Waals surface area contributed by atoms with Gasteiger partial charge in [-0.15, -0.1) is 11.3 Å². The van der Waals surface area contributed by atoms with E-state index in [4.69, 9.17) is 18.7 Å². The Labute approximate surface area is 200 Å². The van der Waals surface area contributed by atoms with Gasteiger partial charge in [-0.1, -0.05) is 29.4 Å². The molecule has 8 nitrogen and oxygen atoms in total. The largest absolute Gasteiger partial charge is 0.490 e. The average Bonchev–Trinajstić information content (AvgIpc) is 3.56. The number of carbonyl (C=O) groups excluding carboxylic acids is 2. The molecule has 2 heterocycles. The number of ketones is 1. The number of benzene rings is 2. The molecule has 4 aromatic rings. The number of aromatic nitrogens is 2. The van der Waals surface area contributed by atoms with Crippen LogP contribution in [0, 0.1) is 0 Å². The number of ether oxygens (including phenoxy) is 3. The van der Waals surface area contributed by atoms with E-state index in [2.05, 4.69) is 10.1 Å². The van der Waals surface area contributed by atoms with Gasteiger partial charge in [-0.3, -0.25) is 4.79 Å². The molecule has 0 radical (unpaired) electrons. The summed E-state index contributed by atoms with van der Waals surface area (Å²) in [4.78, 5) is 31.2. The fraction of sp³-hybridized carbons (Fsp3) is 0.200. The number of hydrogen-bond acceptors (Lipinski definition) is 9. The average molecular weight is 479 g/mol. The Morgan fingerprint density at radius 2 is 1.71 bits per heavy atom. The van der Waals surface area contributed by atoms with Crippen LogP contribution < -0.4 is 9.47 Å². The minimum Gasteiger partial charge on any atom is -0.490 e. The maximum Gasteiger partial charge on any atom is 0.339 e. The van der Waals surface area contributed by atoms with E-state index in [0.29, 0.717) is 36.1 Å². The molecule has 2 aromatic heterocycles. The van der Waals surface area contributed by atoms with Crippen LogP contribution in [-0.2, 0) is 11.3 Å². The molecule has 0 fully saturated rings. The Kier molecular flexibility index (Phi) is 7.34. The number of rotatable bonds is 10. The lowest BCUT2D eigenvalue weighted by molar-refractivity contribution is 0.0427. The molecule has 0 unspecified atom stereocenters. The van der Waals surface area contributed by atoms with Crippen LogP contribution in [0.15, 0.2) is 64.5 Å². The van der Waals surface area contributed by atoms with Gasteiger partial charge in [0.25, 0.3) is 5.89 Å². The first-order chi connectivity index (χ1) is 16.6. The molecule has 34 heavy (non-hydrogen) atoms. The third-order valence-corrected chi connectivity index (χ3v) is 5.60. The van der Waals surface area contributed by atoms with Crippen molar-refractivity contribution in [2.45, 2.75) is 20.5 Å². The highest BCUT2D eigenvalue weighted by Crippen LogP contribution is 2.30. The Bertz CT molecular complexity index is 1280. The quantitative estimate of drug-likeness (QED) is 0.227. The van der Waals surface area contributed by atoms with E-state index in [1.54, 1.807) is 42.5 Å². The topological polar surface area (TPSA) is 101 Å². The molecule has 0 aliphatic rings. The minimum absolute atomic E-state index is 0.136. The van der Waals surface area contributed by atoms with Crippen LogP contribution in [0.4, 0.5) is 0 Å². The second-order valence-corrected chi connectivity index (χ2v) is 7.92. The van der Waals surface area contributed by atoms with Crippen LogP contribution >= 0.6 is 11.3 Å². The lowest BCUT2D eigenvalue weighted by Gasteiger charge is -2.13. The predicted octanol–water partition coefficient (Wildman–Crippen LogP) is 5.18. The summed E-state index contributed by atoms with van der Waals surface area (Å²) in [5, 5.41) is 5.80. The zero-order valence-electron chi connectivity index (χ0n) is 18.6. The Balaban J connectivity index is 1.51. The molecule has 174 valence electrons. The highest BCUT2D eigenvalue weighted by Gasteiger charge is 2.21. The maximum atomic E-state index is 13.3. The Morgan fingerprint density at radius 3 is 2.44 bits per heavy atom. The van der Waals surface area contributed by atoms with E-state index in [9.17, 15) is 9.59 Å². The Morgan fingerprint density at radius 1 is 0.941 bits per heavy atom. The van der Waals surface area contributed by atoms with E-state index >= 15 is 0 Å². The lowest BCUT2D eigenvalue weighted by Crippen LogP contribution is -2.13. The van der Waals surface area contributed by atoms with Gasteiger partial charge in [0.1, 0.15) is 0 Å². The molecule has 0 aliphatic carbocycles. The van der Waals surface area contributed by atoms with Gasteiger partial charge in [0.15, 0.2) is 23.9 Å². The van der Waals surface area contributed by atoms with Gasteiger partial charge in [0.05, 0.1) is 23.7 Å². The van der Waals surface area contributed by atoms with Gasteiger partial charge in [0.2, 0.25) is 5.82 Å². The smallest absolute Gasteiger partial charge is 0.339 e. The number of carbonyl (C=O) groups is 2. The van der Waals surface area contributed by atoms with Gasteiger partial charge in [0, 0.05) is 11.1 Å². The third-order valence-electron chi connectivity index (χ3n) is 4.73. The molecule has 0 saturated heterocycles. The van der Waals surface area contributed by atoms with Crippen LogP contribution in [-0.4, -0.2) is 35.1 Å². The summed E-state index contributed by atoms with van der Waals surface area (Å²) in [7, 11) is 0. The number of thiophene rings is 1.